The Morgan fingerprint density at radius 2 is 1.70 bits per heavy atom. The van der Waals surface area contributed by atoms with Gasteiger partial charge < -0.3 is 14.2 Å². The van der Waals surface area contributed by atoms with E-state index in [1.807, 2.05) is 43.5 Å². The number of aryl methyl sites for hydroxylation is 1. The predicted molar refractivity (Wildman–Crippen MR) is 89.1 cm³/mol. The molecule has 0 radical (unpaired) electrons. The summed E-state index contributed by atoms with van der Waals surface area (Å²) in [5, 5.41) is 0. The first-order valence-electron chi connectivity index (χ1n) is 7.64. The summed E-state index contributed by atoms with van der Waals surface area (Å²) in [6, 6.07) is 11.1. The molecule has 0 atom stereocenters. The number of hydrogen-bond acceptors (Lipinski definition) is 4. The molecule has 0 N–H and O–H groups in total. The minimum atomic E-state index is -0.0500. The fraction of sp³-hybridized carbons (Fsp3) is 0.389. The van der Waals surface area contributed by atoms with Crippen molar-refractivity contribution in [3.05, 3.63) is 64.1 Å². The largest absolute Gasteiger partial charge is 0.382 e. The second kappa shape index (κ2) is 9.25. The average molecular weight is 317 g/mol. The van der Waals surface area contributed by atoms with Crippen LogP contribution >= 0.6 is 0 Å². The van der Waals surface area contributed by atoms with Crippen molar-refractivity contribution in [3.63, 3.8) is 0 Å². The third kappa shape index (κ3) is 5.32. The molecule has 1 heterocycles. The Morgan fingerprint density at radius 1 is 0.957 bits per heavy atom. The Morgan fingerprint density at radius 3 is 2.52 bits per heavy atom. The third-order valence-electron chi connectivity index (χ3n) is 3.37. The lowest BCUT2D eigenvalue weighted by molar-refractivity contribution is 0.0199. The van der Waals surface area contributed by atoms with Gasteiger partial charge in [-0.15, -0.1) is 0 Å². The van der Waals surface area contributed by atoms with Crippen molar-refractivity contribution >= 4 is 0 Å². The van der Waals surface area contributed by atoms with E-state index < -0.39 is 0 Å². The Kier molecular flexibility index (Phi) is 7.00. The molecule has 0 spiro atoms. The van der Waals surface area contributed by atoms with Crippen molar-refractivity contribution in [2.75, 3.05) is 33.5 Å². The summed E-state index contributed by atoms with van der Waals surface area (Å²) in [4.78, 5) is 12.1. The van der Waals surface area contributed by atoms with Gasteiger partial charge in [0.15, 0.2) is 0 Å². The van der Waals surface area contributed by atoms with Gasteiger partial charge in [0.25, 0.3) is 5.56 Å². The van der Waals surface area contributed by atoms with E-state index >= 15 is 0 Å². The molecule has 1 aromatic carbocycles. The molecule has 2 rings (SSSR count). The predicted octanol–water partition coefficient (Wildman–Crippen LogP) is 2.33. The topological polar surface area (TPSA) is 49.7 Å². The summed E-state index contributed by atoms with van der Waals surface area (Å²) in [5.41, 5.74) is 2.80. The Balaban J connectivity index is 1.98. The summed E-state index contributed by atoms with van der Waals surface area (Å²) in [7, 11) is 1.64. The summed E-state index contributed by atoms with van der Waals surface area (Å²) in [6.45, 7) is 4.57. The van der Waals surface area contributed by atoms with Gasteiger partial charge in [-0.2, -0.15) is 0 Å². The van der Waals surface area contributed by atoms with E-state index in [1.165, 1.54) is 0 Å². The first kappa shape index (κ1) is 17.4. The van der Waals surface area contributed by atoms with Crippen LogP contribution in [0.5, 0.6) is 0 Å². The molecule has 0 saturated heterocycles. The molecule has 0 saturated carbocycles. The van der Waals surface area contributed by atoms with Crippen LogP contribution in [0.25, 0.3) is 5.69 Å². The molecule has 0 amide bonds. The van der Waals surface area contributed by atoms with Crippen LogP contribution in [0, 0.1) is 6.92 Å². The lowest BCUT2D eigenvalue weighted by Crippen LogP contribution is -2.18. The molecule has 124 valence electrons. The van der Waals surface area contributed by atoms with Crippen LogP contribution in [0.15, 0.2) is 47.4 Å². The molecule has 0 bridgehead atoms. The highest BCUT2D eigenvalue weighted by Gasteiger charge is 2.06. The number of methoxy groups -OCH3 is 1. The van der Waals surface area contributed by atoms with Crippen LogP contribution in [-0.2, 0) is 20.8 Å². The Labute approximate surface area is 136 Å². The Bertz CT molecular complexity index is 666. The molecule has 2 aromatic rings. The van der Waals surface area contributed by atoms with E-state index in [2.05, 4.69) is 0 Å². The van der Waals surface area contributed by atoms with Crippen molar-refractivity contribution < 1.29 is 14.2 Å². The van der Waals surface area contributed by atoms with E-state index in [-0.39, 0.29) is 5.56 Å². The van der Waals surface area contributed by atoms with E-state index in [4.69, 9.17) is 14.2 Å². The molecule has 5 heteroatoms. The zero-order valence-electron chi connectivity index (χ0n) is 13.7. The van der Waals surface area contributed by atoms with Gasteiger partial charge in [-0.3, -0.25) is 9.36 Å². The van der Waals surface area contributed by atoms with Gasteiger partial charge in [0.2, 0.25) is 0 Å². The molecular weight excluding hydrogens is 294 g/mol. The highest BCUT2D eigenvalue weighted by atomic mass is 16.5. The van der Waals surface area contributed by atoms with Crippen LogP contribution in [0.4, 0.5) is 0 Å². The monoisotopic (exact) mass is 317 g/mol. The van der Waals surface area contributed by atoms with Crippen molar-refractivity contribution in [1.29, 1.82) is 0 Å². The molecule has 5 nitrogen and oxygen atoms in total. The second-order valence-corrected chi connectivity index (χ2v) is 5.20. The maximum atomic E-state index is 12.1. The zero-order chi connectivity index (χ0) is 16.5. The van der Waals surface area contributed by atoms with Gasteiger partial charge in [0.05, 0.1) is 38.7 Å². The fourth-order valence-corrected chi connectivity index (χ4v) is 2.19. The van der Waals surface area contributed by atoms with Gasteiger partial charge in [-0.05, 0) is 18.6 Å². The van der Waals surface area contributed by atoms with E-state index in [0.717, 1.165) is 16.8 Å². The van der Waals surface area contributed by atoms with E-state index in [1.54, 1.807) is 17.7 Å². The number of hydrogen-bond donors (Lipinski definition) is 0. The van der Waals surface area contributed by atoms with Crippen molar-refractivity contribution in [1.82, 2.24) is 4.57 Å². The summed E-state index contributed by atoms with van der Waals surface area (Å²) in [5.74, 6) is 0. The molecule has 23 heavy (non-hydrogen) atoms. The lowest BCUT2D eigenvalue weighted by atomic mass is 10.1. The van der Waals surface area contributed by atoms with E-state index in [9.17, 15) is 4.79 Å². The first-order valence-corrected chi connectivity index (χ1v) is 7.64. The summed E-state index contributed by atoms with van der Waals surface area (Å²) < 4.78 is 17.6. The maximum absolute atomic E-state index is 12.1. The smallest absolute Gasteiger partial charge is 0.255 e. The molecule has 0 unspecified atom stereocenters. The number of pyridine rings is 1. The van der Waals surface area contributed by atoms with Crippen LogP contribution in [0.2, 0.25) is 0 Å². The van der Waals surface area contributed by atoms with Gasteiger partial charge in [0.1, 0.15) is 0 Å². The van der Waals surface area contributed by atoms with Gasteiger partial charge >= 0.3 is 0 Å². The number of aromatic nitrogens is 1. The average Bonchev–Trinajstić information content (AvgIpc) is 2.57. The fourth-order valence-electron chi connectivity index (χ4n) is 2.19. The summed E-state index contributed by atoms with van der Waals surface area (Å²) >= 11 is 0. The molecule has 0 aliphatic carbocycles. The van der Waals surface area contributed by atoms with Crippen molar-refractivity contribution in [2.24, 2.45) is 0 Å². The number of nitrogens with zero attached hydrogens (tertiary/aromatic N) is 1. The zero-order valence-corrected chi connectivity index (χ0v) is 13.7. The Hall–Kier alpha value is -1.95. The minimum Gasteiger partial charge on any atom is -0.382 e. The molecule has 1 aromatic heterocycles. The highest BCUT2D eigenvalue weighted by molar-refractivity contribution is 5.41. The molecular formula is C18H23NO4. The van der Waals surface area contributed by atoms with Crippen molar-refractivity contribution in [3.8, 4) is 5.69 Å². The quantitative estimate of drug-likeness (QED) is 0.666. The SMILES string of the molecule is COCCOCCOCc1ccccc1-n1cc(C)ccc1=O. The minimum absolute atomic E-state index is 0.0500. The van der Waals surface area contributed by atoms with Crippen molar-refractivity contribution in [2.45, 2.75) is 13.5 Å². The number of rotatable bonds is 9. The summed E-state index contributed by atoms with van der Waals surface area (Å²) in [6.07, 6.45) is 1.84. The van der Waals surface area contributed by atoms with Crippen LogP contribution < -0.4 is 5.56 Å². The van der Waals surface area contributed by atoms with E-state index in [0.29, 0.717) is 33.0 Å². The maximum Gasteiger partial charge on any atom is 0.255 e. The van der Waals surface area contributed by atoms with Crippen LogP contribution in [-0.4, -0.2) is 38.1 Å². The standard InChI is InChI=1S/C18H23NO4/c1-15-7-8-18(20)19(13-15)17-6-4-3-5-16(17)14-23-12-11-22-10-9-21-2/h3-8,13H,9-12,14H2,1-2H3. The van der Waals surface area contributed by atoms with Crippen LogP contribution in [0.3, 0.4) is 0 Å². The number of benzene rings is 1. The second-order valence-electron chi connectivity index (χ2n) is 5.20. The lowest BCUT2D eigenvalue weighted by Gasteiger charge is -2.13. The first-order chi connectivity index (χ1) is 11.2. The molecule has 0 aliphatic heterocycles. The number of para-hydroxylation sites is 1. The highest BCUT2D eigenvalue weighted by Crippen LogP contribution is 2.14. The number of ether oxygens (including phenoxy) is 3. The van der Waals surface area contributed by atoms with Gasteiger partial charge in [0, 0.05) is 24.9 Å². The molecule has 0 fully saturated rings. The van der Waals surface area contributed by atoms with Gasteiger partial charge in [-0.25, -0.2) is 0 Å². The normalized spacial score (nSPS) is 10.9. The van der Waals surface area contributed by atoms with Gasteiger partial charge in [-0.1, -0.05) is 24.3 Å². The van der Waals surface area contributed by atoms with Crippen LogP contribution in [0.1, 0.15) is 11.1 Å². The molecule has 0 aliphatic rings. The third-order valence-corrected chi connectivity index (χ3v) is 3.37.